The number of carbonyl (C=O) groups is 3. The van der Waals surface area contributed by atoms with E-state index in [1.165, 1.54) is 0 Å². The predicted molar refractivity (Wildman–Crippen MR) is 106 cm³/mol. The van der Waals surface area contributed by atoms with E-state index < -0.39 is 30.3 Å². The van der Waals surface area contributed by atoms with Gasteiger partial charge >= 0.3 is 12.1 Å². The van der Waals surface area contributed by atoms with Crippen LogP contribution in [-0.4, -0.2) is 29.0 Å². The summed E-state index contributed by atoms with van der Waals surface area (Å²) in [6, 6.07) is 12.8. The van der Waals surface area contributed by atoms with Crippen LogP contribution in [0.25, 0.3) is 0 Å². The van der Waals surface area contributed by atoms with E-state index in [4.69, 9.17) is 33.0 Å². The van der Waals surface area contributed by atoms with Crippen LogP contribution < -0.4 is 5.32 Å². The molecule has 1 atom stereocenters. The van der Waals surface area contributed by atoms with Crippen molar-refractivity contribution in [3.05, 3.63) is 69.7 Å². The Bertz CT molecular complexity index is 821. The Balaban J connectivity index is 1.94. The minimum absolute atomic E-state index is 0.00981. The van der Waals surface area contributed by atoms with Gasteiger partial charge in [0.15, 0.2) is 5.78 Å². The van der Waals surface area contributed by atoms with Gasteiger partial charge in [-0.3, -0.25) is 9.59 Å². The first kappa shape index (κ1) is 21.7. The van der Waals surface area contributed by atoms with Gasteiger partial charge in [-0.2, -0.15) is 0 Å². The lowest BCUT2D eigenvalue weighted by Gasteiger charge is -2.16. The molecular formula is C20H19Cl2NO5. The number of ketones is 1. The van der Waals surface area contributed by atoms with Crippen molar-refractivity contribution in [1.29, 1.82) is 0 Å². The van der Waals surface area contributed by atoms with Crippen LogP contribution in [0.15, 0.2) is 48.5 Å². The fraction of sp³-hybridized carbons (Fsp3) is 0.250. The number of benzene rings is 2. The zero-order chi connectivity index (χ0) is 20.5. The van der Waals surface area contributed by atoms with Gasteiger partial charge < -0.3 is 15.2 Å². The molecule has 0 aliphatic carbocycles. The maximum atomic E-state index is 12.5. The number of carbonyl (C=O) groups excluding carboxylic acids is 2. The number of alkyl carbamates (subject to hydrolysis) is 1. The third-order valence-electron chi connectivity index (χ3n) is 3.96. The highest BCUT2D eigenvalue weighted by Crippen LogP contribution is 2.25. The first-order valence-corrected chi connectivity index (χ1v) is 9.27. The predicted octanol–water partition coefficient (Wildman–Crippen LogP) is 4.26. The van der Waals surface area contributed by atoms with Gasteiger partial charge in [0.2, 0.25) is 0 Å². The summed E-state index contributed by atoms with van der Waals surface area (Å²) in [6.45, 7) is 0.00981. The molecule has 0 aromatic heterocycles. The monoisotopic (exact) mass is 423 g/mol. The molecule has 2 aromatic rings. The normalized spacial score (nSPS) is 11.5. The second-order valence-corrected chi connectivity index (χ2v) is 6.84. The highest BCUT2D eigenvalue weighted by Gasteiger charge is 2.24. The van der Waals surface area contributed by atoms with E-state index >= 15 is 0 Å². The molecule has 6 nitrogen and oxygen atoms in total. The summed E-state index contributed by atoms with van der Waals surface area (Å²) in [7, 11) is 0. The lowest BCUT2D eigenvalue weighted by Crippen LogP contribution is -2.42. The molecule has 2 N–H and O–H groups in total. The number of nitrogens with one attached hydrogen (secondary N) is 1. The Morgan fingerprint density at radius 2 is 1.64 bits per heavy atom. The van der Waals surface area contributed by atoms with Crippen molar-refractivity contribution in [2.24, 2.45) is 0 Å². The van der Waals surface area contributed by atoms with Crippen LogP contribution in [0.3, 0.4) is 0 Å². The van der Waals surface area contributed by atoms with Crippen molar-refractivity contribution in [1.82, 2.24) is 5.32 Å². The van der Waals surface area contributed by atoms with Gasteiger partial charge in [-0.15, -0.1) is 0 Å². The molecule has 8 heteroatoms. The SMILES string of the molecule is O=C(O)C[C@H](NC(=O)OCc1ccccc1)C(=O)CCc1c(Cl)cccc1Cl. The quantitative estimate of drug-likeness (QED) is 0.628. The maximum absolute atomic E-state index is 12.5. The summed E-state index contributed by atoms with van der Waals surface area (Å²) in [4.78, 5) is 35.5. The first-order valence-electron chi connectivity index (χ1n) is 8.51. The van der Waals surface area contributed by atoms with Crippen LogP contribution >= 0.6 is 23.2 Å². The number of halogens is 2. The minimum Gasteiger partial charge on any atom is -0.481 e. The van der Waals surface area contributed by atoms with Gasteiger partial charge in [0.1, 0.15) is 12.6 Å². The summed E-state index contributed by atoms with van der Waals surface area (Å²) in [5.74, 6) is -1.66. The van der Waals surface area contributed by atoms with Gasteiger partial charge in [0.05, 0.1) is 6.42 Å². The minimum atomic E-state index is -1.21. The number of rotatable bonds is 9. The molecule has 0 fully saturated rings. The van der Waals surface area contributed by atoms with E-state index in [0.717, 1.165) is 5.56 Å². The molecule has 2 aromatic carbocycles. The van der Waals surface area contributed by atoms with Gasteiger partial charge in [0.25, 0.3) is 0 Å². The van der Waals surface area contributed by atoms with E-state index in [9.17, 15) is 14.4 Å². The molecule has 148 valence electrons. The Labute approximate surface area is 172 Å². The Morgan fingerprint density at radius 3 is 2.25 bits per heavy atom. The third-order valence-corrected chi connectivity index (χ3v) is 4.66. The number of ether oxygens (including phenoxy) is 1. The highest BCUT2D eigenvalue weighted by molar-refractivity contribution is 6.36. The lowest BCUT2D eigenvalue weighted by atomic mass is 10.0. The van der Waals surface area contributed by atoms with E-state index in [1.54, 1.807) is 42.5 Å². The molecule has 0 saturated heterocycles. The van der Waals surface area contributed by atoms with Gasteiger partial charge in [-0.25, -0.2) is 4.79 Å². The molecule has 0 unspecified atom stereocenters. The van der Waals surface area contributed by atoms with Crippen LogP contribution in [0.1, 0.15) is 24.0 Å². The molecule has 1 amide bonds. The van der Waals surface area contributed by atoms with Crippen molar-refractivity contribution < 1.29 is 24.2 Å². The van der Waals surface area contributed by atoms with Crippen molar-refractivity contribution in [2.75, 3.05) is 0 Å². The number of aliphatic carboxylic acids is 1. The summed E-state index contributed by atoms with van der Waals surface area (Å²) in [5, 5.41) is 12.2. The van der Waals surface area contributed by atoms with Crippen LogP contribution in [0.5, 0.6) is 0 Å². The number of carboxylic acid groups (broad SMARTS) is 1. The smallest absolute Gasteiger partial charge is 0.408 e. The second kappa shape index (κ2) is 10.7. The molecule has 0 spiro atoms. The van der Waals surface area contributed by atoms with Crippen LogP contribution in [0, 0.1) is 0 Å². The summed E-state index contributed by atoms with van der Waals surface area (Å²) in [5.41, 5.74) is 1.37. The van der Waals surface area contributed by atoms with Crippen molar-refractivity contribution >= 4 is 41.0 Å². The highest BCUT2D eigenvalue weighted by atomic mass is 35.5. The molecule has 0 aliphatic rings. The van der Waals surface area contributed by atoms with Crippen LogP contribution in [0.2, 0.25) is 10.0 Å². The van der Waals surface area contributed by atoms with E-state index in [1.807, 2.05) is 6.07 Å². The Morgan fingerprint density at radius 1 is 1.00 bits per heavy atom. The fourth-order valence-corrected chi connectivity index (χ4v) is 3.11. The third kappa shape index (κ3) is 6.87. The Hall–Kier alpha value is -2.57. The molecule has 2 rings (SSSR count). The average molecular weight is 424 g/mol. The molecule has 0 bridgehead atoms. The summed E-state index contributed by atoms with van der Waals surface area (Å²) < 4.78 is 5.05. The Kier molecular flexibility index (Phi) is 8.29. The number of hydrogen-bond donors (Lipinski definition) is 2. The number of carboxylic acids is 1. The largest absolute Gasteiger partial charge is 0.481 e. The van der Waals surface area contributed by atoms with Gasteiger partial charge in [-0.1, -0.05) is 59.6 Å². The summed E-state index contributed by atoms with van der Waals surface area (Å²) in [6.07, 6.45) is -1.20. The van der Waals surface area contributed by atoms with Crippen LogP contribution in [0.4, 0.5) is 4.79 Å². The topological polar surface area (TPSA) is 92.7 Å². The summed E-state index contributed by atoms with van der Waals surface area (Å²) >= 11 is 12.2. The van der Waals surface area contributed by atoms with Crippen molar-refractivity contribution in [2.45, 2.75) is 31.9 Å². The van der Waals surface area contributed by atoms with Crippen molar-refractivity contribution in [3.8, 4) is 0 Å². The average Bonchev–Trinajstić information content (AvgIpc) is 2.66. The fourth-order valence-electron chi connectivity index (χ4n) is 2.52. The molecule has 28 heavy (non-hydrogen) atoms. The first-order chi connectivity index (χ1) is 13.4. The van der Waals surface area contributed by atoms with Gasteiger partial charge in [-0.05, 0) is 29.7 Å². The number of hydrogen-bond acceptors (Lipinski definition) is 4. The zero-order valence-electron chi connectivity index (χ0n) is 14.9. The second-order valence-electron chi connectivity index (χ2n) is 6.02. The standard InChI is InChI=1S/C20H19Cl2NO5/c21-15-7-4-8-16(22)14(15)9-10-18(24)17(11-19(25)26)23-20(27)28-12-13-5-2-1-3-6-13/h1-8,17H,9-12H2,(H,23,27)(H,25,26)/t17-/m0/s1. The van der Waals surface area contributed by atoms with E-state index in [0.29, 0.717) is 15.6 Å². The zero-order valence-corrected chi connectivity index (χ0v) is 16.4. The molecular weight excluding hydrogens is 405 g/mol. The number of Topliss-reactive ketones (excluding diaryl/α,β-unsaturated/α-hetero) is 1. The van der Waals surface area contributed by atoms with E-state index in [-0.39, 0.29) is 19.4 Å². The molecule has 0 heterocycles. The number of amides is 1. The van der Waals surface area contributed by atoms with Gasteiger partial charge in [0, 0.05) is 16.5 Å². The maximum Gasteiger partial charge on any atom is 0.408 e. The van der Waals surface area contributed by atoms with Crippen molar-refractivity contribution in [3.63, 3.8) is 0 Å². The molecule has 0 saturated carbocycles. The lowest BCUT2D eigenvalue weighted by molar-refractivity contribution is -0.139. The van der Waals surface area contributed by atoms with Crippen LogP contribution in [-0.2, 0) is 27.4 Å². The molecule has 0 aliphatic heterocycles. The van der Waals surface area contributed by atoms with E-state index in [2.05, 4.69) is 5.32 Å². The molecule has 0 radical (unpaired) electrons.